The third-order valence-electron chi connectivity index (χ3n) is 3.50. The molecule has 0 saturated heterocycles. The lowest BCUT2D eigenvalue weighted by Crippen LogP contribution is -2.22. The van der Waals surface area contributed by atoms with E-state index in [1.807, 2.05) is 0 Å². The molecule has 0 aromatic heterocycles. The van der Waals surface area contributed by atoms with Gasteiger partial charge in [-0.2, -0.15) is 13.2 Å². The van der Waals surface area contributed by atoms with Crippen molar-refractivity contribution in [1.29, 1.82) is 0 Å². The van der Waals surface area contributed by atoms with Crippen molar-refractivity contribution in [3.05, 3.63) is 54.1 Å². The average Bonchev–Trinajstić information content (AvgIpc) is 2.65. The summed E-state index contributed by atoms with van der Waals surface area (Å²) in [4.78, 5) is 11.3. The number of rotatable bonds is 8. The van der Waals surface area contributed by atoms with Crippen LogP contribution in [0.5, 0.6) is 17.2 Å². The van der Waals surface area contributed by atoms with E-state index in [1.54, 1.807) is 24.3 Å². The average molecular weight is 383 g/mol. The van der Waals surface area contributed by atoms with Gasteiger partial charge in [0.05, 0.1) is 18.8 Å². The van der Waals surface area contributed by atoms with Gasteiger partial charge in [0.2, 0.25) is 0 Å². The zero-order valence-corrected chi connectivity index (χ0v) is 14.7. The second-order valence-corrected chi connectivity index (χ2v) is 5.51. The van der Waals surface area contributed by atoms with Crippen LogP contribution in [0.25, 0.3) is 0 Å². The van der Waals surface area contributed by atoms with E-state index in [-0.39, 0.29) is 0 Å². The third kappa shape index (κ3) is 6.73. The first kappa shape index (κ1) is 20.4. The van der Waals surface area contributed by atoms with E-state index in [2.05, 4.69) is 5.32 Å². The molecule has 0 fully saturated rings. The van der Waals surface area contributed by atoms with E-state index in [0.29, 0.717) is 43.3 Å². The van der Waals surface area contributed by atoms with Crippen LogP contribution in [0.2, 0.25) is 0 Å². The molecule has 0 saturated carbocycles. The fourth-order valence-corrected chi connectivity index (χ4v) is 2.12. The first-order valence-corrected chi connectivity index (χ1v) is 8.31. The molecule has 0 aliphatic rings. The molecule has 0 aliphatic carbocycles. The monoisotopic (exact) mass is 383 g/mol. The van der Waals surface area contributed by atoms with E-state index in [1.165, 1.54) is 19.2 Å². The minimum Gasteiger partial charge on any atom is -0.494 e. The summed E-state index contributed by atoms with van der Waals surface area (Å²) in [5.41, 5.74) is -0.708. The Hall–Kier alpha value is -2.90. The maximum absolute atomic E-state index is 12.5. The topological polar surface area (TPSA) is 56.8 Å². The maximum Gasteiger partial charge on any atom is 0.416 e. The summed E-state index contributed by atoms with van der Waals surface area (Å²) >= 11 is 0. The number of carbonyl (C=O) groups excluding carboxylic acids is 1. The summed E-state index contributed by atoms with van der Waals surface area (Å²) in [5.74, 6) is 1.15. The molecule has 146 valence electrons. The molecule has 1 N–H and O–H groups in total. The minimum absolute atomic E-state index is 0.317. The van der Waals surface area contributed by atoms with Crippen molar-refractivity contribution in [2.45, 2.75) is 19.0 Å². The molecule has 0 atom stereocenters. The van der Waals surface area contributed by atoms with Crippen molar-refractivity contribution < 1.29 is 32.2 Å². The van der Waals surface area contributed by atoms with Crippen LogP contribution in [0, 0.1) is 0 Å². The standard InChI is InChI=1S/C19H20F3NO4/c1-23-18(24)27-17-7-3-2-6-16(17)26-13-5-4-12-25-15-10-8-14(9-11-15)19(20,21)22/h2-3,6-11H,4-5,12-13H2,1H3,(H,23,24). The molecule has 0 spiro atoms. The van der Waals surface area contributed by atoms with Crippen molar-refractivity contribution in [3.8, 4) is 17.2 Å². The van der Waals surface area contributed by atoms with E-state index in [9.17, 15) is 18.0 Å². The van der Waals surface area contributed by atoms with Gasteiger partial charge in [-0.05, 0) is 49.2 Å². The third-order valence-corrected chi connectivity index (χ3v) is 3.50. The summed E-state index contributed by atoms with van der Waals surface area (Å²) in [6.45, 7) is 0.732. The zero-order valence-electron chi connectivity index (χ0n) is 14.7. The van der Waals surface area contributed by atoms with Crippen LogP contribution in [-0.4, -0.2) is 26.4 Å². The molecule has 0 bridgehead atoms. The lowest BCUT2D eigenvalue weighted by atomic mass is 10.2. The Labute approximate surface area is 155 Å². The molecule has 2 rings (SSSR count). The normalized spacial score (nSPS) is 11.0. The highest BCUT2D eigenvalue weighted by molar-refractivity contribution is 5.70. The first-order valence-electron chi connectivity index (χ1n) is 8.31. The van der Waals surface area contributed by atoms with Gasteiger partial charge in [-0.25, -0.2) is 4.79 Å². The Kier molecular flexibility index (Phi) is 7.34. The highest BCUT2D eigenvalue weighted by atomic mass is 19.4. The van der Waals surface area contributed by atoms with Gasteiger partial charge in [0.1, 0.15) is 5.75 Å². The Bertz CT molecular complexity index is 732. The van der Waals surface area contributed by atoms with Crippen LogP contribution in [0.3, 0.4) is 0 Å². The molecule has 1 amide bonds. The van der Waals surface area contributed by atoms with Gasteiger partial charge in [-0.3, -0.25) is 0 Å². The SMILES string of the molecule is CNC(=O)Oc1ccccc1OCCCCOc1ccc(C(F)(F)F)cc1. The first-order chi connectivity index (χ1) is 12.9. The van der Waals surface area contributed by atoms with Crippen LogP contribution in [0.15, 0.2) is 48.5 Å². The predicted octanol–water partition coefficient (Wildman–Crippen LogP) is 4.66. The van der Waals surface area contributed by atoms with Crippen LogP contribution in [0.1, 0.15) is 18.4 Å². The molecule has 27 heavy (non-hydrogen) atoms. The largest absolute Gasteiger partial charge is 0.494 e. The van der Waals surface area contributed by atoms with Crippen molar-refractivity contribution in [3.63, 3.8) is 0 Å². The molecule has 2 aromatic rings. The smallest absolute Gasteiger partial charge is 0.416 e. The van der Waals surface area contributed by atoms with Crippen molar-refractivity contribution in [2.75, 3.05) is 20.3 Å². The van der Waals surface area contributed by atoms with E-state index < -0.39 is 17.8 Å². The van der Waals surface area contributed by atoms with Gasteiger partial charge in [0.15, 0.2) is 11.5 Å². The molecule has 2 aromatic carbocycles. The van der Waals surface area contributed by atoms with Crippen LogP contribution in [-0.2, 0) is 6.18 Å². The van der Waals surface area contributed by atoms with Crippen LogP contribution < -0.4 is 19.5 Å². The van der Waals surface area contributed by atoms with Gasteiger partial charge in [0, 0.05) is 7.05 Å². The predicted molar refractivity (Wildman–Crippen MR) is 93.2 cm³/mol. The fourth-order valence-electron chi connectivity index (χ4n) is 2.12. The van der Waals surface area contributed by atoms with E-state index in [0.717, 1.165) is 12.1 Å². The molecule has 0 unspecified atom stereocenters. The lowest BCUT2D eigenvalue weighted by Gasteiger charge is -2.11. The number of hydrogen-bond acceptors (Lipinski definition) is 4. The van der Waals surface area contributed by atoms with Gasteiger partial charge < -0.3 is 19.5 Å². The Morgan fingerprint density at radius 3 is 2.11 bits per heavy atom. The number of unbranched alkanes of at least 4 members (excludes halogenated alkanes) is 1. The Balaban J connectivity index is 1.70. The number of alkyl halides is 3. The quantitative estimate of drug-likeness (QED) is 0.674. The van der Waals surface area contributed by atoms with Crippen molar-refractivity contribution >= 4 is 6.09 Å². The highest BCUT2D eigenvalue weighted by Crippen LogP contribution is 2.30. The molecular formula is C19H20F3NO4. The summed E-state index contributed by atoms with van der Waals surface area (Å²) in [5, 5.41) is 2.36. The molecular weight excluding hydrogens is 363 g/mol. The number of benzene rings is 2. The van der Waals surface area contributed by atoms with Gasteiger partial charge in [0.25, 0.3) is 0 Å². The Morgan fingerprint density at radius 1 is 0.926 bits per heavy atom. The molecule has 5 nitrogen and oxygen atoms in total. The molecule has 0 heterocycles. The van der Waals surface area contributed by atoms with Crippen molar-refractivity contribution in [1.82, 2.24) is 5.32 Å². The number of para-hydroxylation sites is 2. The molecule has 0 radical (unpaired) electrons. The number of carbonyl (C=O) groups is 1. The fraction of sp³-hybridized carbons (Fsp3) is 0.316. The molecule has 0 aliphatic heterocycles. The van der Waals surface area contributed by atoms with Gasteiger partial charge in [-0.1, -0.05) is 12.1 Å². The Morgan fingerprint density at radius 2 is 1.52 bits per heavy atom. The zero-order chi connectivity index (χ0) is 19.7. The summed E-state index contributed by atoms with van der Waals surface area (Å²) in [6, 6.07) is 11.4. The lowest BCUT2D eigenvalue weighted by molar-refractivity contribution is -0.137. The van der Waals surface area contributed by atoms with Gasteiger partial charge in [-0.15, -0.1) is 0 Å². The second kappa shape index (κ2) is 9.70. The minimum atomic E-state index is -4.35. The number of amides is 1. The number of nitrogens with one attached hydrogen (secondary N) is 1. The van der Waals surface area contributed by atoms with Gasteiger partial charge >= 0.3 is 12.3 Å². The summed E-state index contributed by atoms with van der Waals surface area (Å²) in [6.07, 6.45) is -3.63. The highest BCUT2D eigenvalue weighted by Gasteiger charge is 2.29. The number of ether oxygens (including phenoxy) is 3. The summed E-state index contributed by atoms with van der Waals surface area (Å²) in [7, 11) is 1.46. The van der Waals surface area contributed by atoms with Crippen LogP contribution >= 0.6 is 0 Å². The van der Waals surface area contributed by atoms with Crippen LogP contribution in [0.4, 0.5) is 18.0 Å². The van der Waals surface area contributed by atoms with E-state index >= 15 is 0 Å². The number of hydrogen-bond donors (Lipinski definition) is 1. The second-order valence-electron chi connectivity index (χ2n) is 5.51. The molecule has 8 heteroatoms. The summed E-state index contributed by atoms with van der Waals surface area (Å²) < 4.78 is 53.6. The number of halogens is 3. The van der Waals surface area contributed by atoms with E-state index in [4.69, 9.17) is 14.2 Å². The van der Waals surface area contributed by atoms with Crippen molar-refractivity contribution in [2.24, 2.45) is 0 Å². The maximum atomic E-state index is 12.5.